The second-order valence-corrected chi connectivity index (χ2v) is 9.55. The highest BCUT2D eigenvalue weighted by molar-refractivity contribution is 7.93. The fourth-order valence-corrected chi connectivity index (χ4v) is 5.61. The lowest BCUT2D eigenvalue weighted by molar-refractivity contribution is 0.437. The maximum atomic E-state index is 12.7. The number of oxazole rings is 1. The molecule has 0 saturated carbocycles. The van der Waals surface area contributed by atoms with E-state index in [0.717, 1.165) is 41.9 Å². The first kappa shape index (κ1) is 18.8. The minimum atomic E-state index is -3.89. The Morgan fingerprint density at radius 2 is 2.10 bits per heavy atom. The van der Waals surface area contributed by atoms with E-state index in [1.807, 2.05) is 18.2 Å². The van der Waals surface area contributed by atoms with Gasteiger partial charge in [0.1, 0.15) is 6.33 Å². The van der Waals surface area contributed by atoms with Crippen molar-refractivity contribution >= 4 is 43.5 Å². The third-order valence-corrected chi connectivity index (χ3v) is 7.29. The summed E-state index contributed by atoms with van der Waals surface area (Å²) in [6.45, 7) is 0. The minimum absolute atomic E-state index is 0.0283. The highest BCUT2D eigenvalue weighted by Gasteiger charge is 2.27. The molecule has 2 aromatic carbocycles. The number of nitrogen functional groups attached to an aromatic ring is 1. The lowest BCUT2D eigenvalue weighted by atomic mass is 9.87. The van der Waals surface area contributed by atoms with Crippen LogP contribution >= 0.6 is 11.5 Å². The highest BCUT2D eigenvalue weighted by Crippen LogP contribution is 2.35. The molecule has 0 amide bonds. The molecule has 0 radical (unpaired) electrons. The Morgan fingerprint density at radius 1 is 1.23 bits per heavy atom. The smallest absolute Gasteiger partial charge is 0.408 e. The second-order valence-electron chi connectivity index (χ2n) is 7.09. The average molecular weight is 444 g/mol. The van der Waals surface area contributed by atoms with Crippen LogP contribution in [0, 0.1) is 0 Å². The number of nitrogens with one attached hydrogen (secondary N) is 1. The van der Waals surface area contributed by atoms with Gasteiger partial charge in [0, 0.05) is 23.3 Å². The highest BCUT2D eigenvalue weighted by atomic mass is 32.2. The molecule has 1 unspecified atom stereocenters. The second kappa shape index (κ2) is 6.96. The molecule has 154 valence electrons. The molecule has 0 aliphatic heterocycles. The summed E-state index contributed by atoms with van der Waals surface area (Å²) in [7, 11) is -3.89. The molecule has 5 rings (SSSR count). The van der Waals surface area contributed by atoms with E-state index < -0.39 is 15.8 Å². The molecule has 0 bridgehead atoms. The molecule has 1 aliphatic rings. The SMILES string of the molecule is Nc1ccc2c(c1)C(n1c(=O)oc3cc(S(=O)(=O)Nc4ncns4)ccc31)CCC2. The fraction of sp³-hybridized carbons (Fsp3) is 0.211. The zero-order valence-electron chi connectivity index (χ0n) is 15.6. The Balaban J connectivity index is 1.59. The maximum Gasteiger partial charge on any atom is 0.420 e. The topological polar surface area (TPSA) is 133 Å². The zero-order chi connectivity index (χ0) is 20.9. The molecule has 0 saturated heterocycles. The molecule has 2 heterocycles. The normalized spacial score (nSPS) is 16.5. The number of anilines is 2. The van der Waals surface area contributed by atoms with Gasteiger partial charge < -0.3 is 10.2 Å². The van der Waals surface area contributed by atoms with Crippen LogP contribution in [-0.2, 0) is 16.4 Å². The first-order valence-corrected chi connectivity index (χ1v) is 11.5. The number of nitrogens with two attached hydrogens (primary N) is 1. The first-order valence-electron chi connectivity index (χ1n) is 9.25. The van der Waals surface area contributed by atoms with Gasteiger partial charge in [-0.25, -0.2) is 18.2 Å². The number of hydrogen-bond donors (Lipinski definition) is 2. The summed E-state index contributed by atoms with van der Waals surface area (Å²) in [6, 6.07) is 9.92. The Bertz CT molecular complexity index is 1410. The van der Waals surface area contributed by atoms with Gasteiger partial charge in [-0.1, -0.05) is 6.07 Å². The van der Waals surface area contributed by atoms with E-state index in [1.54, 1.807) is 10.6 Å². The van der Waals surface area contributed by atoms with E-state index in [2.05, 4.69) is 14.1 Å². The Morgan fingerprint density at radius 3 is 2.90 bits per heavy atom. The maximum absolute atomic E-state index is 12.7. The first-order chi connectivity index (χ1) is 14.4. The number of nitrogens with zero attached hydrogens (tertiary/aromatic N) is 3. The van der Waals surface area contributed by atoms with Crippen LogP contribution in [0.1, 0.15) is 30.0 Å². The number of fused-ring (bicyclic) bond motifs is 2. The molecule has 3 N–H and O–H groups in total. The summed E-state index contributed by atoms with van der Waals surface area (Å²) in [4.78, 5) is 16.5. The van der Waals surface area contributed by atoms with Gasteiger partial charge >= 0.3 is 5.76 Å². The summed E-state index contributed by atoms with van der Waals surface area (Å²) < 4.78 is 38.4. The van der Waals surface area contributed by atoms with Gasteiger partial charge in [0.2, 0.25) is 5.13 Å². The standard InChI is InChI=1S/C19H17N5O4S2/c20-12-5-4-11-2-1-3-15(14(11)8-12)24-16-7-6-13(9-17(16)28-19(24)25)30(26,27)23-18-21-10-22-29-18/h4-10,15H,1-3,20H2,(H,21,22,23). The van der Waals surface area contributed by atoms with Crippen molar-refractivity contribution in [3.05, 3.63) is 64.4 Å². The van der Waals surface area contributed by atoms with Crippen LogP contribution in [0.2, 0.25) is 0 Å². The van der Waals surface area contributed by atoms with Gasteiger partial charge in [-0.15, -0.1) is 0 Å². The van der Waals surface area contributed by atoms with Crippen LogP contribution in [0.25, 0.3) is 11.1 Å². The number of benzene rings is 2. The molecule has 2 aromatic heterocycles. The van der Waals surface area contributed by atoms with Crippen molar-refractivity contribution in [3.8, 4) is 0 Å². The van der Waals surface area contributed by atoms with Gasteiger partial charge in [-0.3, -0.25) is 9.29 Å². The summed E-state index contributed by atoms with van der Waals surface area (Å²) >= 11 is 0.929. The van der Waals surface area contributed by atoms with E-state index in [4.69, 9.17) is 10.2 Å². The molecular formula is C19H17N5O4S2. The summed E-state index contributed by atoms with van der Waals surface area (Å²) in [6.07, 6.45) is 3.89. The molecule has 11 heteroatoms. The van der Waals surface area contributed by atoms with E-state index in [-0.39, 0.29) is 21.7 Å². The molecule has 1 atom stereocenters. The Kier molecular flexibility index (Phi) is 4.36. The molecule has 4 aromatic rings. The molecule has 9 nitrogen and oxygen atoms in total. The number of aryl methyl sites for hydroxylation is 1. The van der Waals surface area contributed by atoms with Crippen molar-refractivity contribution in [2.45, 2.75) is 30.2 Å². The zero-order valence-corrected chi connectivity index (χ0v) is 17.2. The van der Waals surface area contributed by atoms with Gasteiger partial charge in [0.15, 0.2) is 5.58 Å². The number of aromatic nitrogens is 3. The third kappa shape index (κ3) is 3.15. The van der Waals surface area contributed by atoms with Crippen molar-refractivity contribution in [2.75, 3.05) is 10.5 Å². The molecule has 0 spiro atoms. The van der Waals surface area contributed by atoms with E-state index >= 15 is 0 Å². The molecule has 0 fully saturated rings. The van der Waals surface area contributed by atoms with Crippen LogP contribution in [0.3, 0.4) is 0 Å². The van der Waals surface area contributed by atoms with Crippen LogP contribution in [-0.4, -0.2) is 22.3 Å². The van der Waals surface area contributed by atoms with E-state index in [0.29, 0.717) is 11.2 Å². The minimum Gasteiger partial charge on any atom is -0.408 e. The average Bonchev–Trinajstić information content (AvgIpc) is 3.33. The van der Waals surface area contributed by atoms with Gasteiger partial charge in [-0.05, 0) is 54.7 Å². The molecule has 1 aliphatic carbocycles. The van der Waals surface area contributed by atoms with Crippen LogP contribution in [0.15, 0.2) is 56.8 Å². The lowest BCUT2D eigenvalue weighted by Crippen LogP contribution is -2.25. The largest absolute Gasteiger partial charge is 0.420 e. The predicted octanol–water partition coefficient (Wildman–Crippen LogP) is 2.75. The third-order valence-electron chi connectivity index (χ3n) is 5.24. The lowest BCUT2D eigenvalue weighted by Gasteiger charge is -2.26. The Hall–Kier alpha value is -3.18. The van der Waals surface area contributed by atoms with E-state index in [9.17, 15) is 13.2 Å². The number of hydrogen-bond acceptors (Lipinski definition) is 8. The van der Waals surface area contributed by atoms with Crippen molar-refractivity contribution in [3.63, 3.8) is 0 Å². The van der Waals surface area contributed by atoms with E-state index in [1.165, 1.54) is 18.5 Å². The quantitative estimate of drug-likeness (QED) is 0.463. The van der Waals surface area contributed by atoms with Gasteiger partial charge in [-0.2, -0.15) is 4.37 Å². The van der Waals surface area contributed by atoms with Gasteiger partial charge in [0.25, 0.3) is 10.0 Å². The van der Waals surface area contributed by atoms with Crippen molar-refractivity contribution in [2.24, 2.45) is 0 Å². The predicted molar refractivity (Wildman–Crippen MR) is 113 cm³/mol. The summed E-state index contributed by atoms with van der Waals surface area (Å²) in [5, 5.41) is 0.158. The van der Waals surface area contributed by atoms with Crippen LogP contribution < -0.4 is 16.2 Å². The summed E-state index contributed by atoms with van der Waals surface area (Å²) in [5.74, 6) is -0.531. The van der Waals surface area contributed by atoms with Crippen LogP contribution in [0.4, 0.5) is 10.8 Å². The summed E-state index contributed by atoms with van der Waals surface area (Å²) in [5.41, 5.74) is 9.51. The number of rotatable bonds is 4. The molecular weight excluding hydrogens is 426 g/mol. The molecule has 30 heavy (non-hydrogen) atoms. The Labute approximate surface area is 175 Å². The van der Waals surface area contributed by atoms with Crippen LogP contribution in [0.5, 0.6) is 0 Å². The fourth-order valence-electron chi connectivity index (χ4n) is 3.93. The number of sulfonamides is 1. The van der Waals surface area contributed by atoms with Crippen molar-refractivity contribution < 1.29 is 12.8 Å². The van der Waals surface area contributed by atoms with Crippen molar-refractivity contribution in [1.29, 1.82) is 0 Å². The monoisotopic (exact) mass is 443 g/mol. The van der Waals surface area contributed by atoms with Gasteiger partial charge in [0.05, 0.1) is 16.5 Å². The van der Waals surface area contributed by atoms with Crippen molar-refractivity contribution in [1.82, 2.24) is 13.9 Å².